The van der Waals surface area contributed by atoms with Crippen LogP contribution in [0.3, 0.4) is 0 Å². The quantitative estimate of drug-likeness (QED) is 0.0370. The molecule has 5 radical (unpaired) electrons. The molecule has 0 saturated heterocycles. The van der Waals surface area contributed by atoms with Crippen LogP contribution in [-0.2, 0) is 132 Å². The molecule has 0 atom stereocenters. The van der Waals surface area contributed by atoms with Crippen LogP contribution in [0.25, 0.3) is 100 Å². The van der Waals surface area contributed by atoms with Crippen LogP contribution >= 0.6 is 0 Å². The number of aliphatic hydroxyl groups excluding tert-OH is 4. The smallest absolute Gasteiger partial charge is 0.354 e. The molecule has 697 valence electrons. The summed E-state index contributed by atoms with van der Waals surface area (Å²) in [4.78, 5) is 66.8. The Morgan fingerprint density at radius 1 is 0.391 bits per heavy atom. The molecule has 0 aliphatic heterocycles. The third-order valence-corrected chi connectivity index (χ3v) is 19.9. The molecule has 6 heterocycles. The van der Waals surface area contributed by atoms with Crippen molar-refractivity contribution in [3.63, 3.8) is 0 Å². The molecule has 5 N–H and O–H groups in total. The number of para-hydroxylation sites is 1. The topological polar surface area (TPSA) is 247 Å². The van der Waals surface area contributed by atoms with E-state index in [1.807, 2.05) is 102 Å². The molecule has 15 nitrogen and oxygen atoms in total. The number of carbonyl (C=O) groups is 4. The molecule has 0 amide bonds. The first-order valence-corrected chi connectivity index (χ1v) is 40.8. The van der Waals surface area contributed by atoms with E-state index in [-0.39, 0.29) is 175 Å². The Labute approximate surface area is 842 Å². The first-order chi connectivity index (χ1) is 60.8. The second kappa shape index (κ2) is 53.4. The van der Waals surface area contributed by atoms with Gasteiger partial charge in [-0.25, -0.2) is 9.78 Å². The fourth-order valence-corrected chi connectivity index (χ4v) is 13.3. The van der Waals surface area contributed by atoms with E-state index in [2.05, 4.69) is 210 Å². The number of fused-ring (bicyclic) bond motifs is 8. The number of carboxylic acids is 1. The van der Waals surface area contributed by atoms with Crippen LogP contribution in [0.4, 0.5) is 17.6 Å². The maximum atomic E-state index is 13.4. The maximum Gasteiger partial charge on any atom is 0.354 e. The van der Waals surface area contributed by atoms with E-state index in [0.29, 0.717) is 17.0 Å². The number of benzene rings is 9. The number of aliphatic hydroxyl groups is 4. The zero-order valence-corrected chi connectivity index (χ0v) is 87.3. The van der Waals surface area contributed by atoms with Crippen LogP contribution in [0.5, 0.6) is 0 Å². The first kappa shape index (κ1) is 114. The molecule has 0 saturated carbocycles. The number of ketones is 3. The Balaban J connectivity index is 0.000000322. The van der Waals surface area contributed by atoms with Gasteiger partial charge in [0, 0.05) is 184 Å². The molecule has 133 heavy (non-hydrogen) atoms. The van der Waals surface area contributed by atoms with Crippen LogP contribution in [0.15, 0.2) is 321 Å². The molecule has 0 unspecified atom stereocenters. The van der Waals surface area contributed by atoms with E-state index in [0.717, 1.165) is 63.6 Å². The standard InChI is InChI=1S/2C24H18N.C12H8F2NO.C11H6F2N.C11H8N.C11H20O2.C6H5NO2.2C5H8O2.5Ir/c1-24(2)20-9-5-4-8-18(20)19-13-11-17(15-21(19)24)23-14-12-16-7-3-6-10-22(16)25-23;1-24(2)21-10-6-5-9-19(21)20-12-11-17(15-22(20)24)23-18-8-4-3-7-16(18)13-14-25-23;13-9-1-2-10(11(14)6-9)12-5-8(7-16)3-4-15-12;12-8-4-5-9(10(13)7-8)11-3-1-2-6-14-11;1-2-6-10(7-3-1)11-8-4-5-9-12-11;1-10(2,3)8(12)7-9(13)11(4,5)6;8-6(9)5-3-1-2-4-7-5;2*1-4(6)3-5(2)7;;;;;/h2*3-10,12-15H,1-2H3;1,3-6,16H,7H2;1-4,6-7H;1-6,8-9H;7,12H,1-6H3;1-4H,(H,8,9);2*3,6H,1-2H3;;;;;/q5*-1;;;;;;;;;. The largest absolute Gasteiger partial charge is 0.512 e. The molecule has 2 aliphatic carbocycles. The van der Waals surface area contributed by atoms with Crippen molar-refractivity contribution in [2.24, 2.45) is 10.8 Å². The fourth-order valence-electron chi connectivity index (χ4n) is 13.3. The van der Waals surface area contributed by atoms with Gasteiger partial charge in [-0.05, 0) is 142 Å². The third kappa shape index (κ3) is 32.7. The molecule has 0 spiro atoms. The molecule has 9 aromatic carbocycles. The normalized spacial score (nSPS) is 11.8. The summed E-state index contributed by atoms with van der Waals surface area (Å²) in [5, 5.41) is 47.1. The number of carboxylic acid groups (broad SMARTS) is 1. The van der Waals surface area contributed by atoms with Gasteiger partial charge in [0.25, 0.3) is 0 Å². The second-order valence-corrected chi connectivity index (χ2v) is 32.7. The van der Waals surface area contributed by atoms with E-state index in [4.69, 9.17) is 25.4 Å². The van der Waals surface area contributed by atoms with Crippen molar-refractivity contribution in [2.45, 2.75) is 114 Å². The first-order valence-electron chi connectivity index (χ1n) is 40.8. The molecule has 24 heteroatoms. The molecular weight excluding hydrogens is 2570 g/mol. The minimum atomic E-state index is -0.990. The van der Waals surface area contributed by atoms with Gasteiger partial charge in [0.05, 0.1) is 23.6 Å². The van der Waals surface area contributed by atoms with Crippen LogP contribution in [-0.4, -0.2) is 78.8 Å². The molecule has 15 aromatic rings. The van der Waals surface area contributed by atoms with Crippen molar-refractivity contribution in [1.29, 1.82) is 0 Å². The van der Waals surface area contributed by atoms with Crippen LogP contribution in [0, 0.1) is 64.4 Å². The average Bonchev–Trinajstić information content (AvgIpc) is 1.59. The molecule has 0 bridgehead atoms. The average molecular weight is 2670 g/mol. The van der Waals surface area contributed by atoms with E-state index < -0.39 is 34.7 Å². The van der Waals surface area contributed by atoms with Crippen LogP contribution in [0.1, 0.15) is 135 Å². The van der Waals surface area contributed by atoms with E-state index in [9.17, 15) is 41.8 Å². The van der Waals surface area contributed by atoms with Crippen molar-refractivity contribution in [2.75, 3.05) is 0 Å². The van der Waals surface area contributed by atoms with Gasteiger partial charge in [0.2, 0.25) is 0 Å². The summed E-state index contributed by atoms with van der Waals surface area (Å²) in [6.45, 7) is 25.9. The summed E-state index contributed by atoms with van der Waals surface area (Å²) in [7, 11) is 0. The number of aromatic carboxylic acids is 1. The number of hydrogen-bond acceptors (Lipinski definition) is 14. The van der Waals surface area contributed by atoms with Gasteiger partial charge in [0.15, 0.2) is 17.3 Å². The van der Waals surface area contributed by atoms with E-state index in [1.165, 1.54) is 131 Å². The van der Waals surface area contributed by atoms with E-state index >= 15 is 0 Å². The molecule has 2 aliphatic rings. The zero-order chi connectivity index (χ0) is 93.0. The summed E-state index contributed by atoms with van der Waals surface area (Å²) in [6.07, 6.45) is 11.8. The van der Waals surface area contributed by atoms with Gasteiger partial charge in [-0.1, -0.05) is 254 Å². The minimum absolute atomic E-state index is 0. The number of hydrogen-bond donors (Lipinski definition) is 5. The molecule has 6 aromatic heterocycles. The van der Waals surface area contributed by atoms with Crippen molar-refractivity contribution < 1.29 is 163 Å². The fraction of sp³-hybridized carbons (Fsp3) is 0.174. The summed E-state index contributed by atoms with van der Waals surface area (Å²) in [5.74, 6) is -3.70. The van der Waals surface area contributed by atoms with Crippen molar-refractivity contribution >= 4 is 45.0 Å². The van der Waals surface area contributed by atoms with Crippen molar-refractivity contribution in [1.82, 2.24) is 29.9 Å². The Morgan fingerprint density at radius 3 is 1.32 bits per heavy atom. The monoisotopic (exact) mass is 2680 g/mol. The van der Waals surface area contributed by atoms with Gasteiger partial charge in [-0.2, -0.15) is 0 Å². The Hall–Kier alpha value is -11.6. The van der Waals surface area contributed by atoms with Crippen molar-refractivity contribution in [3.8, 4) is 78.5 Å². The van der Waals surface area contributed by atoms with Gasteiger partial charge >= 0.3 is 5.97 Å². The zero-order valence-electron chi connectivity index (χ0n) is 75.3. The molecule has 17 rings (SSSR count). The number of aromatic nitrogens is 6. The third-order valence-electron chi connectivity index (χ3n) is 19.9. The summed E-state index contributed by atoms with van der Waals surface area (Å²) in [5.41, 5.74) is 18.9. The van der Waals surface area contributed by atoms with Crippen LogP contribution in [0.2, 0.25) is 0 Å². The number of rotatable bonds is 10. The molecule has 0 fully saturated rings. The number of pyridine rings is 6. The van der Waals surface area contributed by atoms with Gasteiger partial charge in [0.1, 0.15) is 11.5 Å². The second-order valence-electron chi connectivity index (χ2n) is 32.7. The number of allylic oxidation sites excluding steroid dienone is 6. The van der Waals surface area contributed by atoms with Crippen LogP contribution < -0.4 is 0 Å². The van der Waals surface area contributed by atoms with E-state index in [1.54, 1.807) is 48.8 Å². The Morgan fingerprint density at radius 2 is 0.857 bits per heavy atom. The van der Waals surface area contributed by atoms with Gasteiger partial charge in [-0.3, -0.25) is 36.9 Å². The van der Waals surface area contributed by atoms with Crippen molar-refractivity contribution in [3.05, 3.63) is 408 Å². The Bertz CT molecular complexity index is 6390. The Kier molecular flexibility index (Phi) is 45.6. The number of carbonyl (C=O) groups excluding carboxylic acids is 3. The predicted molar refractivity (Wildman–Crippen MR) is 498 cm³/mol. The predicted octanol–water partition coefficient (Wildman–Crippen LogP) is 25.6. The van der Waals surface area contributed by atoms with Gasteiger partial charge in [-0.15, -0.1) is 119 Å². The molecular formula is C109H99F4Ir5N6O9-5. The number of halogens is 4. The summed E-state index contributed by atoms with van der Waals surface area (Å²) < 4.78 is 51.9. The minimum Gasteiger partial charge on any atom is -0.512 e. The maximum absolute atomic E-state index is 13.4. The summed E-state index contributed by atoms with van der Waals surface area (Å²) in [6, 6.07) is 94.7. The summed E-state index contributed by atoms with van der Waals surface area (Å²) >= 11 is 0. The van der Waals surface area contributed by atoms with Gasteiger partial charge < -0.3 is 45.5 Å². The SMILES string of the molecule is CC(=O)C=C(C)O.CC(=O)C=C(C)O.CC(C)(C)C(=O)C=C(O)C(C)(C)C.CC1(C)c2ccccc2-c2c[c-]c(-c3ccc4ccccc4n3)cc21.CC1(C)c2ccccc2-c2c[c-]c(-c3nccc4ccccc34)cc21.Fc1c[c-]c(-c2ccccn2)c(F)c1.O=C(O)c1ccccn1.OCc1ccnc(-c2[c-]cc(F)cc2F)c1.[Ir].[Ir].[Ir].[Ir].[Ir].[c-]1ccccc1-c1ccccn1. The number of nitrogens with zero attached hydrogens (tertiary/aromatic N) is 6.